The highest BCUT2D eigenvalue weighted by atomic mass is 16.7. The van der Waals surface area contributed by atoms with Crippen molar-refractivity contribution < 1.29 is 24.1 Å². The molecule has 0 bridgehead atoms. The fourth-order valence-corrected chi connectivity index (χ4v) is 3.20. The third kappa shape index (κ3) is 12.0. The number of esters is 1. The molecule has 5 heteroatoms. The minimum atomic E-state index is -0.611. The van der Waals surface area contributed by atoms with Gasteiger partial charge >= 0.3 is 5.97 Å². The quantitative estimate of drug-likeness (QED) is 0.242. The monoisotopic (exact) mass is 408 g/mol. The first-order valence-corrected chi connectivity index (χ1v) is 11.0. The second-order valence-corrected chi connectivity index (χ2v) is 7.97. The van der Waals surface area contributed by atoms with Crippen LogP contribution in [0.15, 0.2) is 36.5 Å². The highest BCUT2D eigenvalue weighted by Crippen LogP contribution is 2.31. The first-order chi connectivity index (χ1) is 13.9. The van der Waals surface area contributed by atoms with Crippen LogP contribution in [0, 0.1) is 0 Å². The Bertz CT molecular complexity index is 535. The lowest BCUT2D eigenvalue weighted by atomic mass is 10.1. The average Bonchev–Trinajstić information content (AvgIpc) is 2.98. The normalized spacial score (nSPS) is 22.8. The van der Waals surface area contributed by atoms with Gasteiger partial charge < -0.3 is 19.3 Å². The smallest absolute Gasteiger partial charge is 0.305 e. The summed E-state index contributed by atoms with van der Waals surface area (Å²) in [5, 5.41) is 10.2. The predicted octanol–water partition coefficient (Wildman–Crippen LogP) is 5.24. The van der Waals surface area contributed by atoms with Gasteiger partial charge in [-0.25, -0.2) is 0 Å². The van der Waals surface area contributed by atoms with Crippen LogP contribution in [0.2, 0.25) is 0 Å². The molecular formula is C24H40O5. The topological polar surface area (TPSA) is 65.0 Å². The Morgan fingerprint density at radius 1 is 1.10 bits per heavy atom. The van der Waals surface area contributed by atoms with Gasteiger partial charge in [0.05, 0.1) is 19.3 Å². The third-order valence-electron chi connectivity index (χ3n) is 4.78. The summed E-state index contributed by atoms with van der Waals surface area (Å²) in [6, 6.07) is 0. The van der Waals surface area contributed by atoms with Crippen LogP contribution in [0.5, 0.6) is 0 Å². The molecule has 0 aromatic rings. The van der Waals surface area contributed by atoms with Crippen molar-refractivity contribution in [3.05, 3.63) is 36.5 Å². The predicted molar refractivity (Wildman–Crippen MR) is 116 cm³/mol. The number of unbranched alkanes of at least 4 members (excludes halogenated alkanes) is 4. The Labute approximate surface area is 176 Å². The first kappa shape index (κ1) is 25.6. The Kier molecular flexibility index (Phi) is 12.8. The molecule has 1 fully saturated rings. The number of carbonyl (C=O) groups is 1. The maximum absolute atomic E-state index is 11.0. The zero-order chi connectivity index (χ0) is 21.5. The summed E-state index contributed by atoms with van der Waals surface area (Å²) in [6.45, 7) is 6.06. The van der Waals surface area contributed by atoms with E-state index in [4.69, 9.17) is 9.47 Å². The molecule has 1 saturated heterocycles. The summed E-state index contributed by atoms with van der Waals surface area (Å²) in [5.74, 6) is -0.798. The van der Waals surface area contributed by atoms with Gasteiger partial charge in [-0.1, -0.05) is 56.2 Å². The van der Waals surface area contributed by atoms with E-state index in [2.05, 4.69) is 23.8 Å². The molecule has 0 aromatic carbocycles. The average molecular weight is 409 g/mol. The fraction of sp³-hybridized carbons (Fsp3) is 0.708. The number of methoxy groups -OCH3 is 1. The molecule has 3 atom stereocenters. The zero-order valence-electron chi connectivity index (χ0n) is 18.6. The lowest BCUT2D eigenvalue weighted by Gasteiger charge is -2.16. The molecule has 1 N–H and O–H groups in total. The van der Waals surface area contributed by atoms with Crippen LogP contribution in [0.25, 0.3) is 0 Å². The first-order valence-electron chi connectivity index (χ1n) is 11.0. The van der Waals surface area contributed by atoms with Gasteiger partial charge in [0.1, 0.15) is 6.10 Å². The Morgan fingerprint density at radius 2 is 1.83 bits per heavy atom. The van der Waals surface area contributed by atoms with E-state index in [0.29, 0.717) is 12.8 Å². The third-order valence-corrected chi connectivity index (χ3v) is 4.78. The van der Waals surface area contributed by atoms with Crippen molar-refractivity contribution >= 4 is 5.97 Å². The lowest BCUT2D eigenvalue weighted by molar-refractivity contribution is -0.142. The molecule has 0 aromatic heterocycles. The molecule has 0 amide bonds. The highest BCUT2D eigenvalue weighted by Gasteiger charge is 2.39. The molecule has 166 valence electrons. The summed E-state index contributed by atoms with van der Waals surface area (Å²) < 4.78 is 16.6. The van der Waals surface area contributed by atoms with Gasteiger partial charge in [0.25, 0.3) is 0 Å². The van der Waals surface area contributed by atoms with Crippen LogP contribution >= 0.6 is 0 Å². The minimum absolute atomic E-state index is 0.0373. The molecule has 0 aliphatic carbocycles. The highest BCUT2D eigenvalue weighted by molar-refractivity contribution is 5.69. The van der Waals surface area contributed by atoms with Crippen molar-refractivity contribution in [2.75, 3.05) is 7.11 Å². The van der Waals surface area contributed by atoms with Gasteiger partial charge in [0.2, 0.25) is 0 Å². The lowest BCUT2D eigenvalue weighted by Crippen LogP contribution is -2.21. The number of aliphatic hydroxyl groups is 1. The number of aliphatic hydroxyl groups excluding tert-OH is 1. The van der Waals surface area contributed by atoms with E-state index in [1.165, 1.54) is 26.4 Å². The van der Waals surface area contributed by atoms with E-state index >= 15 is 0 Å². The fourth-order valence-electron chi connectivity index (χ4n) is 3.20. The van der Waals surface area contributed by atoms with Crippen LogP contribution < -0.4 is 0 Å². The Morgan fingerprint density at radius 3 is 2.55 bits per heavy atom. The van der Waals surface area contributed by atoms with Gasteiger partial charge in [0.15, 0.2) is 5.79 Å². The molecule has 29 heavy (non-hydrogen) atoms. The van der Waals surface area contributed by atoms with Gasteiger partial charge in [0, 0.05) is 6.42 Å². The number of hydrogen-bond acceptors (Lipinski definition) is 5. The molecular weight excluding hydrogens is 368 g/mol. The Hall–Kier alpha value is -1.43. The number of rotatable bonds is 14. The van der Waals surface area contributed by atoms with Crippen LogP contribution in [0.4, 0.5) is 0 Å². The van der Waals surface area contributed by atoms with Crippen molar-refractivity contribution in [3.63, 3.8) is 0 Å². The summed E-state index contributed by atoms with van der Waals surface area (Å²) >= 11 is 0. The van der Waals surface area contributed by atoms with E-state index in [0.717, 1.165) is 25.7 Å². The van der Waals surface area contributed by atoms with Gasteiger partial charge in [-0.05, 0) is 52.4 Å². The van der Waals surface area contributed by atoms with Crippen molar-refractivity contribution in [3.8, 4) is 0 Å². The van der Waals surface area contributed by atoms with Crippen molar-refractivity contribution in [2.45, 2.75) is 103 Å². The SMILES string of the molecule is CCCCC/C=C\C[C@H]1OC(C)(C)O[C@@H]1/C=C/[C@H](O)C/C=C\CCCC(=O)OC. The van der Waals surface area contributed by atoms with Crippen LogP contribution in [0.3, 0.4) is 0 Å². The summed E-state index contributed by atoms with van der Waals surface area (Å²) in [6.07, 6.45) is 19.4. The molecule has 1 heterocycles. The minimum Gasteiger partial charge on any atom is -0.469 e. The van der Waals surface area contributed by atoms with Crippen LogP contribution in [0.1, 0.15) is 78.6 Å². The second-order valence-electron chi connectivity index (χ2n) is 7.97. The van der Waals surface area contributed by atoms with Gasteiger partial charge in [-0.15, -0.1) is 0 Å². The molecule has 5 nitrogen and oxygen atoms in total. The number of carbonyl (C=O) groups excluding carboxylic acids is 1. The Balaban J connectivity index is 2.38. The second kappa shape index (κ2) is 14.5. The van der Waals surface area contributed by atoms with Gasteiger partial charge in [-0.2, -0.15) is 0 Å². The van der Waals surface area contributed by atoms with Gasteiger partial charge in [-0.3, -0.25) is 4.79 Å². The molecule has 0 saturated carbocycles. The van der Waals surface area contributed by atoms with E-state index < -0.39 is 11.9 Å². The standard InChI is InChI=1S/C24H40O5/c1-5-6-7-8-9-13-16-21-22(29-24(2,3)28-21)19-18-20(25)15-12-10-11-14-17-23(26)27-4/h9-10,12-13,18-22,25H,5-8,11,14-17H2,1-4H3/b12-10-,13-9-,19-18+/t20-,21-,22-/m1/s1. The molecule has 0 spiro atoms. The van der Waals surface area contributed by atoms with Crippen LogP contribution in [-0.2, 0) is 19.0 Å². The number of allylic oxidation sites excluding steroid dienone is 2. The van der Waals surface area contributed by atoms with Crippen molar-refractivity contribution in [1.82, 2.24) is 0 Å². The van der Waals surface area contributed by atoms with E-state index in [-0.39, 0.29) is 18.2 Å². The summed E-state index contributed by atoms with van der Waals surface area (Å²) in [4.78, 5) is 11.0. The van der Waals surface area contributed by atoms with Crippen molar-refractivity contribution in [2.24, 2.45) is 0 Å². The summed E-state index contributed by atoms with van der Waals surface area (Å²) in [7, 11) is 1.40. The number of ether oxygens (including phenoxy) is 3. The molecule has 1 aliphatic rings. The largest absolute Gasteiger partial charge is 0.469 e. The van der Waals surface area contributed by atoms with Crippen molar-refractivity contribution in [1.29, 1.82) is 0 Å². The molecule has 0 radical (unpaired) electrons. The molecule has 0 unspecified atom stereocenters. The van der Waals surface area contributed by atoms with Crippen LogP contribution in [-0.4, -0.2) is 42.3 Å². The number of hydrogen-bond donors (Lipinski definition) is 1. The summed E-state index contributed by atoms with van der Waals surface area (Å²) in [5.41, 5.74) is 0. The zero-order valence-corrected chi connectivity index (χ0v) is 18.6. The van der Waals surface area contributed by atoms with E-state index in [1.807, 2.05) is 32.1 Å². The maximum atomic E-state index is 11.0. The van der Waals surface area contributed by atoms with E-state index in [1.54, 1.807) is 6.08 Å². The molecule has 1 aliphatic heterocycles. The molecule has 1 rings (SSSR count). The van der Waals surface area contributed by atoms with E-state index in [9.17, 15) is 9.90 Å². The maximum Gasteiger partial charge on any atom is 0.305 e.